The van der Waals surface area contributed by atoms with Crippen LogP contribution in [-0.2, 0) is 12.7 Å². The third-order valence-corrected chi connectivity index (χ3v) is 3.57. The molecule has 0 saturated carbocycles. The zero-order chi connectivity index (χ0) is 14.8. The summed E-state index contributed by atoms with van der Waals surface area (Å²) in [6.07, 6.45) is -4.45. The molecule has 0 bridgehead atoms. The molecule has 0 heterocycles. The molecule has 0 aliphatic rings. The number of anilines is 2. The van der Waals surface area contributed by atoms with Gasteiger partial charge in [0, 0.05) is 22.4 Å². The van der Waals surface area contributed by atoms with E-state index in [-0.39, 0.29) is 5.69 Å². The number of alkyl halides is 3. The Bertz CT molecular complexity index is 612. The van der Waals surface area contributed by atoms with Crippen molar-refractivity contribution in [3.8, 4) is 0 Å². The van der Waals surface area contributed by atoms with Gasteiger partial charge in [-0.1, -0.05) is 34.1 Å². The van der Waals surface area contributed by atoms with Crippen molar-refractivity contribution in [2.45, 2.75) is 12.7 Å². The summed E-state index contributed by atoms with van der Waals surface area (Å²) in [5.41, 5.74) is 5.59. The van der Waals surface area contributed by atoms with E-state index in [0.717, 1.165) is 16.1 Å². The number of nitrogens with one attached hydrogen (secondary N) is 1. The molecule has 2 aromatic rings. The Morgan fingerprint density at radius 3 is 2.45 bits per heavy atom. The summed E-state index contributed by atoms with van der Waals surface area (Å²) in [5.74, 6) is 0. The first kappa shape index (κ1) is 14.7. The van der Waals surface area contributed by atoms with Crippen LogP contribution in [0.3, 0.4) is 0 Å². The standard InChI is InChI=1S/C14H12BrF3N2/c15-12-4-2-1-3-9(12)8-20-10-5-6-13(19)11(7-10)14(16,17)18/h1-7,20H,8,19H2. The van der Waals surface area contributed by atoms with Crippen LogP contribution in [-0.4, -0.2) is 0 Å². The lowest BCUT2D eigenvalue weighted by Crippen LogP contribution is -2.10. The number of hydrogen-bond acceptors (Lipinski definition) is 2. The minimum absolute atomic E-state index is 0.274. The topological polar surface area (TPSA) is 38.0 Å². The van der Waals surface area contributed by atoms with Crippen molar-refractivity contribution < 1.29 is 13.2 Å². The second-order valence-electron chi connectivity index (χ2n) is 4.24. The molecule has 2 aromatic carbocycles. The molecule has 0 aliphatic carbocycles. The van der Waals surface area contributed by atoms with Crippen LogP contribution in [0.5, 0.6) is 0 Å². The van der Waals surface area contributed by atoms with Crippen molar-refractivity contribution in [1.29, 1.82) is 0 Å². The van der Waals surface area contributed by atoms with Crippen LogP contribution in [0.1, 0.15) is 11.1 Å². The summed E-state index contributed by atoms with van der Waals surface area (Å²) in [6.45, 7) is 0.419. The van der Waals surface area contributed by atoms with Gasteiger partial charge in [0.05, 0.1) is 5.56 Å². The second kappa shape index (κ2) is 5.75. The zero-order valence-corrected chi connectivity index (χ0v) is 11.9. The van der Waals surface area contributed by atoms with Crippen LogP contribution >= 0.6 is 15.9 Å². The lowest BCUT2D eigenvalue weighted by molar-refractivity contribution is -0.136. The van der Waals surface area contributed by atoms with E-state index in [4.69, 9.17) is 5.73 Å². The molecule has 0 aromatic heterocycles. The molecule has 6 heteroatoms. The lowest BCUT2D eigenvalue weighted by Gasteiger charge is -2.13. The van der Waals surface area contributed by atoms with Crippen LogP contribution < -0.4 is 11.1 Å². The zero-order valence-electron chi connectivity index (χ0n) is 10.3. The number of nitrogen functional groups attached to an aromatic ring is 1. The highest BCUT2D eigenvalue weighted by Gasteiger charge is 2.33. The molecule has 2 nitrogen and oxygen atoms in total. The molecule has 0 unspecified atom stereocenters. The maximum atomic E-state index is 12.7. The molecule has 3 N–H and O–H groups in total. The Labute approximate surface area is 122 Å². The van der Waals surface area contributed by atoms with Gasteiger partial charge in [-0.15, -0.1) is 0 Å². The van der Waals surface area contributed by atoms with E-state index in [2.05, 4.69) is 21.2 Å². The molecule has 106 valence electrons. The fraction of sp³-hybridized carbons (Fsp3) is 0.143. The van der Waals surface area contributed by atoms with E-state index in [1.54, 1.807) is 0 Å². The number of benzene rings is 2. The maximum Gasteiger partial charge on any atom is 0.418 e. The largest absolute Gasteiger partial charge is 0.418 e. The normalized spacial score (nSPS) is 11.4. The SMILES string of the molecule is Nc1ccc(NCc2ccccc2Br)cc1C(F)(F)F. The van der Waals surface area contributed by atoms with Crippen LogP contribution in [0.2, 0.25) is 0 Å². The van der Waals surface area contributed by atoms with E-state index < -0.39 is 11.7 Å². The van der Waals surface area contributed by atoms with Gasteiger partial charge in [0.15, 0.2) is 0 Å². The first-order chi connectivity index (χ1) is 9.38. The molecule has 20 heavy (non-hydrogen) atoms. The van der Waals surface area contributed by atoms with E-state index in [0.29, 0.717) is 12.2 Å². The average Bonchev–Trinajstić information content (AvgIpc) is 2.38. The Morgan fingerprint density at radius 2 is 1.80 bits per heavy atom. The molecule has 0 atom stereocenters. The molecule has 0 aliphatic heterocycles. The molecular weight excluding hydrogens is 333 g/mol. The quantitative estimate of drug-likeness (QED) is 0.794. The highest BCUT2D eigenvalue weighted by atomic mass is 79.9. The van der Waals surface area contributed by atoms with Gasteiger partial charge in [-0.05, 0) is 29.8 Å². The Kier molecular flexibility index (Phi) is 4.23. The smallest absolute Gasteiger partial charge is 0.398 e. The summed E-state index contributed by atoms with van der Waals surface area (Å²) in [5, 5.41) is 2.96. The van der Waals surface area contributed by atoms with Crippen molar-refractivity contribution in [2.24, 2.45) is 0 Å². The van der Waals surface area contributed by atoms with Gasteiger partial charge in [-0.2, -0.15) is 13.2 Å². The van der Waals surface area contributed by atoms with E-state index in [1.807, 2.05) is 24.3 Å². The predicted octanol–water partition coefficient (Wildman–Crippen LogP) is 4.66. The Balaban J connectivity index is 2.17. The van der Waals surface area contributed by atoms with Crippen molar-refractivity contribution in [3.63, 3.8) is 0 Å². The number of halogens is 4. The van der Waals surface area contributed by atoms with Crippen molar-refractivity contribution in [3.05, 3.63) is 58.1 Å². The number of nitrogens with two attached hydrogens (primary N) is 1. The van der Waals surface area contributed by atoms with Gasteiger partial charge < -0.3 is 11.1 Å². The lowest BCUT2D eigenvalue weighted by atomic mass is 10.1. The minimum atomic E-state index is -4.45. The van der Waals surface area contributed by atoms with E-state index >= 15 is 0 Å². The van der Waals surface area contributed by atoms with E-state index in [1.165, 1.54) is 12.1 Å². The number of rotatable bonds is 3. The first-order valence-electron chi connectivity index (χ1n) is 5.82. The maximum absolute atomic E-state index is 12.7. The second-order valence-corrected chi connectivity index (χ2v) is 5.10. The number of hydrogen-bond donors (Lipinski definition) is 2. The Hall–Kier alpha value is -1.69. The summed E-state index contributed by atoms with van der Waals surface area (Å²) in [4.78, 5) is 0. The fourth-order valence-electron chi connectivity index (χ4n) is 1.75. The highest BCUT2D eigenvalue weighted by molar-refractivity contribution is 9.10. The third kappa shape index (κ3) is 3.45. The molecule has 0 radical (unpaired) electrons. The Morgan fingerprint density at radius 1 is 1.10 bits per heavy atom. The van der Waals surface area contributed by atoms with Crippen LogP contribution in [0.15, 0.2) is 46.9 Å². The van der Waals surface area contributed by atoms with Gasteiger partial charge in [0.25, 0.3) is 0 Å². The van der Waals surface area contributed by atoms with Crippen molar-refractivity contribution >= 4 is 27.3 Å². The van der Waals surface area contributed by atoms with Crippen LogP contribution in [0, 0.1) is 0 Å². The average molecular weight is 345 g/mol. The summed E-state index contributed by atoms with van der Waals surface area (Å²) < 4.78 is 39.1. The molecule has 2 rings (SSSR count). The van der Waals surface area contributed by atoms with Crippen LogP contribution in [0.25, 0.3) is 0 Å². The summed E-state index contributed by atoms with van der Waals surface area (Å²) in [7, 11) is 0. The van der Waals surface area contributed by atoms with Gasteiger partial charge in [0.1, 0.15) is 0 Å². The molecule has 0 amide bonds. The fourth-order valence-corrected chi connectivity index (χ4v) is 2.18. The third-order valence-electron chi connectivity index (χ3n) is 2.80. The predicted molar refractivity (Wildman–Crippen MR) is 77.3 cm³/mol. The molecular formula is C14H12BrF3N2. The molecule has 0 saturated heterocycles. The van der Waals surface area contributed by atoms with Crippen molar-refractivity contribution in [2.75, 3.05) is 11.1 Å². The minimum Gasteiger partial charge on any atom is -0.398 e. The van der Waals surface area contributed by atoms with Gasteiger partial charge in [-0.3, -0.25) is 0 Å². The van der Waals surface area contributed by atoms with Gasteiger partial charge in [-0.25, -0.2) is 0 Å². The van der Waals surface area contributed by atoms with Crippen LogP contribution in [0.4, 0.5) is 24.5 Å². The molecule has 0 spiro atoms. The van der Waals surface area contributed by atoms with Gasteiger partial charge >= 0.3 is 6.18 Å². The summed E-state index contributed by atoms with van der Waals surface area (Å²) in [6, 6.07) is 11.3. The van der Waals surface area contributed by atoms with Gasteiger partial charge in [0.2, 0.25) is 0 Å². The summed E-state index contributed by atoms with van der Waals surface area (Å²) >= 11 is 3.39. The van der Waals surface area contributed by atoms with E-state index in [9.17, 15) is 13.2 Å². The highest BCUT2D eigenvalue weighted by Crippen LogP contribution is 2.35. The molecule has 0 fully saturated rings. The van der Waals surface area contributed by atoms with Crippen molar-refractivity contribution in [1.82, 2.24) is 0 Å². The monoisotopic (exact) mass is 344 g/mol. The first-order valence-corrected chi connectivity index (χ1v) is 6.61.